The van der Waals surface area contributed by atoms with Gasteiger partial charge in [0.15, 0.2) is 11.7 Å². The van der Waals surface area contributed by atoms with Crippen molar-refractivity contribution in [2.24, 2.45) is 0 Å². The molecule has 0 spiro atoms. The van der Waals surface area contributed by atoms with Crippen LogP contribution in [-0.2, 0) is 10.0 Å². The van der Waals surface area contributed by atoms with Crippen LogP contribution >= 0.6 is 0 Å². The lowest BCUT2D eigenvalue weighted by atomic mass is 10.2. The van der Waals surface area contributed by atoms with Crippen LogP contribution in [-0.4, -0.2) is 49.8 Å². The normalized spacial score (nSPS) is 14.2. The smallest absolute Gasteiger partial charge is 0.240 e. The molecular formula is C20H24N6O3S. The van der Waals surface area contributed by atoms with Crippen molar-refractivity contribution in [1.29, 1.82) is 0 Å². The molecule has 2 aromatic heterocycles. The number of hydrogen-bond acceptors (Lipinski definition) is 8. The zero-order chi connectivity index (χ0) is 21.0. The van der Waals surface area contributed by atoms with Crippen LogP contribution in [0.15, 0.2) is 52.1 Å². The van der Waals surface area contributed by atoms with E-state index >= 15 is 0 Å². The van der Waals surface area contributed by atoms with Gasteiger partial charge in [-0.25, -0.2) is 18.1 Å². The van der Waals surface area contributed by atoms with E-state index in [4.69, 9.17) is 4.42 Å². The number of oxazole rings is 1. The Morgan fingerprint density at radius 2 is 1.90 bits per heavy atom. The summed E-state index contributed by atoms with van der Waals surface area (Å²) in [6.07, 6.45) is 5.67. The average molecular weight is 429 g/mol. The highest BCUT2D eigenvalue weighted by atomic mass is 32.2. The Balaban J connectivity index is 1.30. The first-order valence-electron chi connectivity index (χ1n) is 9.85. The van der Waals surface area contributed by atoms with Crippen molar-refractivity contribution in [2.75, 3.05) is 36.4 Å². The number of sulfonamides is 1. The fourth-order valence-corrected chi connectivity index (χ4v) is 4.38. The number of benzene rings is 1. The van der Waals surface area contributed by atoms with Crippen molar-refractivity contribution in [1.82, 2.24) is 19.9 Å². The lowest BCUT2D eigenvalue weighted by molar-refractivity contribution is 0.521. The van der Waals surface area contributed by atoms with Crippen LogP contribution < -0.4 is 14.9 Å². The van der Waals surface area contributed by atoms with Gasteiger partial charge in [0.05, 0.1) is 16.8 Å². The Hall–Kier alpha value is -2.98. The van der Waals surface area contributed by atoms with Crippen molar-refractivity contribution >= 4 is 21.5 Å². The van der Waals surface area contributed by atoms with Gasteiger partial charge in [0, 0.05) is 44.7 Å². The van der Waals surface area contributed by atoms with Crippen LogP contribution in [0.1, 0.15) is 18.7 Å². The fraction of sp³-hybridized carbons (Fsp3) is 0.350. The van der Waals surface area contributed by atoms with Crippen molar-refractivity contribution < 1.29 is 12.8 Å². The first-order valence-corrected chi connectivity index (χ1v) is 11.3. The molecular weight excluding hydrogens is 404 g/mol. The van der Waals surface area contributed by atoms with E-state index < -0.39 is 10.0 Å². The average Bonchev–Trinajstić information content (AvgIpc) is 3.44. The number of nitrogens with zero attached hydrogens (tertiary/aromatic N) is 4. The van der Waals surface area contributed by atoms with E-state index in [1.54, 1.807) is 43.6 Å². The van der Waals surface area contributed by atoms with Gasteiger partial charge in [0.25, 0.3) is 0 Å². The van der Waals surface area contributed by atoms with E-state index in [1.165, 1.54) is 12.8 Å². The maximum Gasteiger partial charge on any atom is 0.240 e. The fourth-order valence-electron chi connectivity index (χ4n) is 3.35. The lowest BCUT2D eigenvalue weighted by Gasteiger charge is -2.17. The third kappa shape index (κ3) is 4.77. The van der Waals surface area contributed by atoms with Gasteiger partial charge in [-0.15, -0.1) is 5.10 Å². The summed E-state index contributed by atoms with van der Waals surface area (Å²) in [6.45, 7) is 4.43. The highest BCUT2D eigenvalue weighted by molar-refractivity contribution is 7.89. The molecule has 0 unspecified atom stereocenters. The second-order valence-electron chi connectivity index (χ2n) is 7.09. The summed E-state index contributed by atoms with van der Waals surface area (Å²) in [7, 11) is -3.61. The van der Waals surface area contributed by atoms with Gasteiger partial charge < -0.3 is 14.6 Å². The SMILES string of the molecule is Cc1nc(-c2ccc(S(=O)(=O)NCCNc3cc(N4CCCC4)cnn3)cc2)co1. The van der Waals surface area contributed by atoms with E-state index in [-0.39, 0.29) is 11.4 Å². The van der Waals surface area contributed by atoms with Gasteiger partial charge >= 0.3 is 0 Å². The van der Waals surface area contributed by atoms with E-state index in [9.17, 15) is 8.42 Å². The maximum atomic E-state index is 12.5. The van der Waals surface area contributed by atoms with Crippen molar-refractivity contribution in [3.8, 4) is 11.3 Å². The molecule has 1 fully saturated rings. The Morgan fingerprint density at radius 3 is 2.60 bits per heavy atom. The summed E-state index contributed by atoms with van der Waals surface area (Å²) in [4.78, 5) is 6.71. The van der Waals surface area contributed by atoms with E-state index in [1.807, 2.05) is 6.07 Å². The first kappa shape index (κ1) is 20.3. The summed E-state index contributed by atoms with van der Waals surface area (Å²) in [5, 5.41) is 11.2. The largest absolute Gasteiger partial charge is 0.449 e. The van der Waals surface area contributed by atoms with Gasteiger partial charge in [-0.1, -0.05) is 12.1 Å². The molecule has 0 aliphatic carbocycles. The number of aryl methyl sites for hydroxylation is 1. The molecule has 1 aliphatic rings. The minimum Gasteiger partial charge on any atom is -0.449 e. The number of rotatable bonds is 8. The minimum absolute atomic E-state index is 0.197. The molecule has 4 rings (SSSR count). The molecule has 158 valence electrons. The quantitative estimate of drug-likeness (QED) is 0.526. The predicted molar refractivity (Wildman–Crippen MR) is 114 cm³/mol. The molecule has 9 nitrogen and oxygen atoms in total. The maximum absolute atomic E-state index is 12.5. The summed E-state index contributed by atoms with van der Waals surface area (Å²) in [6, 6.07) is 8.48. The topological polar surface area (TPSA) is 113 Å². The number of aromatic nitrogens is 3. The lowest BCUT2D eigenvalue weighted by Crippen LogP contribution is -2.29. The van der Waals surface area contributed by atoms with Gasteiger partial charge in [-0.3, -0.25) is 0 Å². The molecule has 10 heteroatoms. The van der Waals surface area contributed by atoms with Gasteiger partial charge in [-0.2, -0.15) is 5.10 Å². The summed E-state index contributed by atoms with van der Waals surface area (Å²) >= 11 is 0. The summed E-state index contributed by atoms with van der Waals surface area (Å²) < 4.78 is 32.8. The van der Waals surface area contributed by atoms with Crippen LogP contribution in [0.3, 0.4) is 0 Å². The number of nitrogens with one attached hydrogen (secondary N) is 2. The van der Waals surface area contributed by atoms with E-state index in [2.05, 4.69) is 30.1 Å². The molecule has 1 aliphatic heterocycles. The monoisotopic (exact) mass is 428 g/mol. The Kier molecular flexibility index (Phi) is 5.96. The first-order chi connectivity index (χ1) is 14.5. The standard InChI is InChI=1S/C20H24N6O3S/c1-15-24-19(14-29-15)16-4-6-18(7-5-16)30(27,28)23-9-8-21-20-12-17(13-22-25-20)26-10-2-3-11-26/h4-7,12-14,23H,2-3,8-11H2,1H3,(H,21,25). The molecule has 1 aromatic carbocycles. The predicted octanol–water partition coefficient (Wildman–Crippen LogP) is 2.43. The second kappa shape index (κ2) is 8.80. The van der Waals surface area contributed by atoms with Gasteiger partial charge in [0.2, 0.25) is 10.0 Å². The van der Waals surface area contributed by atoms with Crippen LogP contribution in [0.2, 0.25) is 0 Å². The second-order valence-corrected chi connectivity index (χ2v) is 8.86. The zero-order valence-corrected chi connectivity index (χ0v) is 17.5. The molecule has 0 amide bonds. The molecule has 0 atom stereocenters. The molecule has 0 radical (unpaired) electrons. The Labute approximate surface area is 175 Å². The van der Waals surface area contributed by atoms with Crippen LogP contribution in [0.4, 0.5) is 11.5 Å². The molecule has 3 aromatic rings. The number of hydrogen-bond donors (Lipinski definition) is 2. The van der Waals surface area contributed by atoms with Gasteiger partial charge in [0.1, 0.15) is 12.0 Å². The minimum atomic E-state index is -3.61. The Morgan fingerprint density at radius 1 is 1.13 bits per heavy atom. The third-order valence-electron chi connectivity index (χ3n) is 4.91. The van der Waals surface area contributed by atoms with E-state index in [0.717, 1.165) is 24.3 Å². The van der Waals surface area contributed by atoms with Crippen LogP contribution in [0.5, 0.6) is 0 Å². The van der Waals surface area contributed by atoms with Crippen LogP contribution in [0.25, 0.3) is 11.3 Å². The highest BCUT2D eigenvalue weighted by Crippen LogP contribution is 2.21. The zero-order valence-electron chi connectivity index (χ0n) is 16.7. The molecule has 0 bridgehead atoms. The molecule has 30 heavy (non-hydrogen) atoms. The Bertz CT molecular complexity index is 1090. The molecule has 0 saturated carbocycles. The molecule has 1 saturated heterocycles. The van der Waals surface area contributed by atoms with Crippen molar-refractivity contribution in [3.05, 3.63) is 48.7 Å². The number of anilines is 2. The highest BCUT2D eigenvalue weighted by Gasteiger charge is 2.15. The van der Waals surface area contributed by atoms with Crippen LogP contribution in [0, 0.1) is 6.92 Å². The summed E-state index contributed by atoms with van der Waals surface area (Å²) in [5.41, 5.74) is 2.50. The summed E-state index contributed by atoms with van der Waals surface area (Å²) in [5.74, 6) is 1.19. The molecule has 3 heterocycles. The van der Waals surface area contributed by atoms with E-state index in [0.29, 0.717) is 23.9 Å². The van der Waals surface area contributed by atoms with Gasteiger partial charge in [-0.05, 0) is 25.0 Å². The molecule has 2 N–H and O–H groups in total. The van der Waals surface area contributed by atoms with Crippen molar-refractivity contribution in [2.45, 2.75) is 24.7 Å². The third-order valence-corrected chi connectivity index (χ3v) is 6.39. The van der Waals surface area contributed by atoms with Crippen molar-refractivity contribution in [3.63, 3.8) is 0 Å².